The van der Waals surface area contributed by atoms with E-state index in [1.165, 1.54) is 0 Å². The highest BCUT2D eigenvalue weighted by molar-refractivity contribution is 6.30. The molecule has 0 aromatic heterocycles. The van der Waals surface area contributed by atoms with Crippen LogP contribution in [0.15, 0.2) is 48.5 Å². The van der Waals surface area contributed by atoms with Crippen molar-refractivity contribution in [2.24, 2.45) is 0 Å². The molecule has 2 rings (SSSR count). The Labute approximate surface area is 136 Å². The van der Waals surface area contributed by atoms with Gasteiger partial charge in [0.25, 0.3) is 0 Å². The van der Waals surface area contributed by atoms with Gasteiger partial charge in [-0.3, -0.25) is 0 Å². The quantitative estimate of drug-likeness (QED) is 0.816. The number of benzene rings is 2. The van der Waals surface area contributed by atoms with Crippen LogP contribution in [0.2, 0.25) is 5.02 Å². The van der Waals surface area contributed by atoms with Crippen LogP contribution in [0.1, 0.15) is 25.0 Å². The van der Waals surface area contributed by atoms with E-state index < -0.39 is 0 Å². The van der Waals surface area contributed by atoms with Gasteiger partial charge in [0.2, 0.25) is 0 Å². The van der Waals surface area contributed by atoms with Crippen molar-refractivity contribution in [2.75, 3.05) is 6.61 Å². The molecule has 0 heterocycles. The third-order valence-electron chi connectivity index (χ3n) is 3.43. The predicted molar refractivity (Wildman–Crippen MR) is 90.2 cm³/mol. The van der Waals surface area contributed by atoms with Crippen LogP contribution >= 0.6 is 11.6 Å². The predicted octanol–water partition coefficient (Wildman–Crippen LogP) is 3.78. The molecule has 0 atom stereocenters. The van der Waals surface area contributed by atoms with Crippen molar-refractivity contribution in [2.45, 2.75) is 32.5 Å². The topological polar surface area (TPSA) is 41.5 Å². The number of hydrogen-bond donors (Lipinski definition) is 2. The fraction of sp³-hybridized carbons (Fsp3) is 0.333. The maximum atomic E-state index is 9.31. The Morgan fingerprint density at radius 3 is 2.45 bits per heavy atom. The van der Waals surface area contributed by atoms with Gasteiger partial charge in [-0.25, -0.2) is 0 Å². The molecule has 3 nitrogen and oxygen atoms in total. The summed E-state index contributed by atoms with van der Waals surface area (Å²) in [4.78, 5) is 0. The summed E-state index contributed by atoms with van der Waals surface area (Å²) < 4.78 is 5.92. The number of para-hydroxylation sites is 1. The molecule has 0 saturated carbocycles. The minimum absolute atomic E-state index is 0.0841. The lowest BCUT2D eigenvalue weighted by Gasteiger charge is -2.24. The average molecular weight is 320 g/mol. The summed E-state index contributed by atoms with van der Waals surface area (Å²) in [5.41, 5.74) is 1.82. The summed E-state index contributed by atoms with van der Waals surface area (Å²) in [5.74, 6) is 0.846. The molecular weight excluding hydrogens is 298 g/mol. The second kappa shape index (κ2) is 7.63. The largest absolute Gasteiger partial charge is 0.489 e. The molecule has 0 radical (unpaired) electrons. The van der Waals surface area contributed by atoms with Crippen LogP contribution in [0.25, 0.3) is 0 Å². The van der Waals surface area contributed by atoms with Gasteiger partial charge >= 0.3 is 0 Å². The summed E-state index contributed by atoms with van der Waals surface area (Å²) in [7, 11) is 0. The van der Waals surface area contributed by atoms with Crippen molar-refractivity contribution in [1.82, 2.24) is 5.32 Å². The van der Waals surface area contributed by atoms with Gasteiger partial charge in [0, 0.05) is 22.7 Å². The van der Waals surface area contributed by atoms with E-state index in [9.17, 15) is 5.11 Å². The summed E-state index contributed by atoms with van der Waals surface area (Å²) >= 11 is 5.88. The van der Waals surface area contributed by atoms with Crippen molar-refractivity contribution in [3.63, 3.8) is 0 Å². The van der Waals surface area contributed by atoms with Gasteiger partial charge < -0.3 is 15.2 Å². The first kappa shape index (κ1) is 16.8. The molecule has 2 N–H and O–H groups in total. The third kappa shape index (κ3) is 5.02. The minimum Gasteiger partial charge on any atom is -0.489 e. The fourth-order valence-corrected chi connectivity index (χ4v) is 2.05. The number of rotatable bonds is 7. The molecular formula is C18H22ClNO2. The van der Waals surface area contributed by atoms with E-state index in [0.29, 0.717) is 13.2 Å². The molecule has 0 bridgehead atoms. The molecule has 0 fully saturated rings. The lowest BCUT2D eigenvalue weighted by Crippen LogP contribution is -2.42. The summed E-state index contributed by atoms with van der Waals surface area (Å²) in [6.45, 7) is 5.15. The molecule has 2 aromatic carbocycles. The van der Waals surface area contributed by atoms with Crippen LogP contribution in [-0.4, -0.2) is 17.3 Å². The highest BCUT2D eigenvalue weighted by atomic mass is 35.5. The molecule has 0 amide bonds. The van der Waals surface area contributed by atoms with Crippen molar-refractivity contribution in [3.05, 3.63) is 64.7 Å². The van der Waals surface area contributed by atoms with Gasteiger partial charge in [-0.2, -0.15) is 0 Å². The van der Waals surface area contributed by atoms with Crippen molar-refractivity contribution in [3.8, 4) is 5.75 Å². The number of nitrogens with one attached hydrogen (secondary N) is 1. The number of hydrogen-bond acceptors (Lipinski definition) is 3. The van der Waals surface area contributed by atoms with Gasteiger partial charge in [-0.05, 0) is 37.6 Å². The van der Waals surface area contributed by atoms with Crippen LogP contribution in [0, 0.1) is 0 Å². The second-order valence-corrected chi connectivity index (χ2v) is 6.35. The highest BCUT2D eigenvalue weighted by Crippen LogP contribution is 2.20. The lowest BCUT2D eigenvalue weighted by atomic mass is 10.1. The van der Waals surface area contributed by atoms with Gasteiger partial charge in [-0.15, -0.1) is 0 Å². The van der Waals surface area contributed by atoms with Crippen LogP contribution < -0.4 is 10.1 Å². The second-order valence-electron chi connectivity index (χ2n) is 5.92. The van der Waals surface area contributed by atoms with E-state index in [2.05, 4.69) is 5.32 Å². The highest BCUT2D eigenvalue weighted by Gasteiger charge is 2.15. The van der Waals surface area contributed by atoms with E-state index >= 15 is 0 Å². The van der Waals surface area contributed by atoms with E-state index in [1.54, 1.807) is 0 Å². The zero-order chi connectivity index (χ0) is 16.0. The standard InChI is InChI=1S/C18H22ClNO2/c1-18(2,13-21)20-11-15-5-3-4-6-17(15)22-12-14-7-9-16(19)10-8-14/h3-10,20-21H,11-13H2,1-2H3. The van der Waals surface area contributed by atoms with E-state index in [4.69, 9.17) is 16.3 Å². The van der Waals surface area contributed by atoms with Crippen LogP contribution in [-0.2, 0) is 13.2 Å². The molecule has 0 aliphatic carbocycles. The van der Waals surface area contributed by atoms with E-state index in [-0.39, 0.29) is 12.1 Å². The summed E-state index contributed by atoms with van der Waals surface area (Å²) in [6.07, 6.45) is 0. The number of aliphatic hydroxyl groups excluding tert-OH is 1. The smallest absolute Gasteiger partial charge is 0.124 e. The van der Waals surface area contributed by atoms with Gasteiger partial charge in [0.15, 0.2) is 0 Å². The maximum Gasteiger partial charge on any atom is 0.124 e. The van der Waals surface area contributed by atoms with Gasteiger partial charge in [-0.1, -0.05) is 41.9 Å². The molecule has 22 heavy (non-hydrogen) atoms. The molecule has 2 aromatic rings. The Kier molecular flexibility index (Phi) is 5.83. The zero-order valence-electron chi connectivity index (χ0n) is 13.0. The fourth-order valence-electron chi connectivity index (χ4n) is 1.92. The third-order valence-corrected chi connectivity index (χ3v) is 3.68. The Balaban J connectivity index is 2.00. The molecule has 0 saturated heterocycles. The van der Waals surface area contributed by atoms with Crippen molar-refractivity contribution < 1.29 is 9.84 Å². The zero-order valence-corrected chi connectivity index (χ0v) is 13.7. The van der Waals surface area contributed by atoms with E-state index in [1.807, 2.05) is 62.4 Å². The van der Waals surface area contributed by atoms with E-state index in [0.717, 1.165) is 21.9 Å². The first-order valence-corrected chi connectivity index (χ1v) is 7.69. The van der Waals surface area contributed by atoms with Crippen LogP contribution in [0.4, 0.5) is 0 Å². The van der Waals surface area contributed by atoms with Crippen LogP contribution in [0.3, 0.4) is 0 Å². The number of ether oxygens (including phenoxy) is 1. The van der Waals surface area contributed by atoms with Gasteiger partial charge in [0.05, 0.1) is 6.61 Å². The average Bonchev–Trinajstić information content (AvgIpc) is 2.53. The summed E-state index contributed by atoms with van der Waals surface area (Å²) in [6, 6.07) is 15.6. The Hall–Kier alpha value is -1.55. The maximum absolute atomic E-state index is 9.31. The number of halogens is 1. The molecule has 0 aliphatic rings. The number of aliphatic hydroxyl groups is 1. The first-order chi connectivity index (χ1) is 10.5. The molecule has 0 unspecified atom stereocenters. The SMILES string of the molecule is CC(C)(CO)NCc1ccccc1OCc1ccc(Cl)cc1. The Morgan fingerprint density at radius 2 is 1.77 bits per heavy atom. The molecule has 118 valence electrons. The van der Waals surface area contributed by atoms with Crippen LogP contribution in [0.5, 0.6) is 5.75 Å². The monoisotopic (exact) mass is 319 g/mol. The summed E-state index contributed by atoms with van der Waals surface area (Å²) in [5, 5.41) is 13.4. The first-order valence-electron chi connectivity index (χ1n) is 7.31. The van der Waals surface area contributed by atoms with Crippen molar-refractivity contribution in [1.29, 1.82) is 0 Å². The molecule has 0 spiro atoms. The Bertz CT molecular complexity index is 596. The lowest BCUT2D eigenvalue weighted by molar-refractivity contribution is 0.186. The molecule has 0 aliphatic heterocycles. The minimum atomic E-state index is -0.316. The normalized spacial score (nSPS) is 11.5. The van der Waals surface area contributed by atoms with Gasteiger partial charge in [0.1, 0.15) is 12.4 Å². The van der Waals surface area contributed by atoms with Crippen molar-refractivity contribution >= 4 is 11.6 Å². The Morgan fingerprint density at radius 1 is 1.09 bits per heavy atom. The molecule has 4 heteroatoms.